The van der Waals surface area contributed by atoms with Gasteiger partial charge in [-0.15, -0.1) is 0 Å². The standard InChI is InChI=1S/C17H16ClF3N2O3S/c1-23(10-12-2-6-14(18)7-3-12)27(25,26)15-8-4-13(5-9-15)16(24)22-11-17(19,20)21/h2-9H,10-11H2,1H3,(H,22,24). The monoisotopic (exact) mass is 420 g/mol. The molecular weight excluding hydrogens is 405 g/mol. The second-order valence-electron chi connectivity index (χ2n) is 5.71. The number of sulfonamides is 1. The molecule has 2 aromatic rings. The van der Waals surface area contributed by atoms with E-state index in [4.69, 9.17) is 11.6 Å². The molecular formula is C17H16ClF3N2O3S. The molecule has 0 unspecified atom stereocenters. The largest absolute Gasteiger partial charge is 0.405 e. The van der Waals surface area contributed by atoms with E-state index in [9.17, 15) is 26.4 Å². The van der Waals surface area contributed by atoms with E-state index in [-0.39, 0.29) is 17.0 Å². The Morgan fingerprint density at radius 3 is 2.15 bits per heavy atom. The molecule has 0 radical (unpaired) electrons. The van der Waals surface area contributed by atoms with Crippen molar-refractivity contribution in [3.8, 4) is 0 Å². The third-order valence-electron chi connectivity index (χ3n) is 3.59. The average Bonchev–Trinajstić information content (AvgIpc) is 2.61. The zero-order chi connectivity index (χ0) is 20.2. The van der Waals surface area contributed by atoms with E-state index in [2.05, 4.69) is 0 Å². The van der Waals surface area contributed by atoms with E-state index in [1.54, 1.807) is 29.6 Å². The summed E-state index contributed by atoms with van der Waals surface area (Å²) in [5.74, 6) is -0.939. The predicted octanol–water partition coefficient (Wildman–Crippen LogP) is 3.45. The van der Waals surface area contributed by atoms with Gasteiger partial charge in [0.05, 0.1) is 4.90 Å². The van der Waals surface area contributed by atoms with Crippen LogP contribution in [0.2, 0.25) is 5.02 Å². The summed E-state index contributed by atoms with van der Waals surface area (Å²) in [7, 11) is -2.44. The molecule has 0 aromatic heterocycles. The van der Waals surface area contributed by atoms with Crippen LogP contribution in [0.25, 0.3) is 0 Å². The smallest absolute Gasteiger partial charge is 0.343 e. The van der Waals surface area contributed by atoms with Gasteiger partial charge in [-0.2, -0.15) is 17.5 Å². The highest BCUT2D eigenvalue weighted by molar-refractivity contribution is 7.89. The first-order valence-corrected chi connectivity index (χ1v) is 9.46. The molecule has 5 nitrogen and oxygen atoms in total. The van der Waals surface area contributed by atoms with Crippen LogP contribution >= 0.6 is 11.6 Å². The van der Waals surface area contributed by atoms with Crippen molar-refractivity contribution < 1.29 is 26.4 Å². The van der Waals surface area contributed by atoms with E-state index >= 15 is 0 Å². The number of nitrogens with one attached hydrogen (secondary N) is 1. The average molecular weight is 421 g/mol. The molecule has 0 atom stereocenters. The number of benzene rings is 2. The number of hydrogen-bond acceptors (Lipinski definition) is 3. The van der Waals surface area contributed by atoms with Gasteiger partial charge in [-0.05, 0) is 42.0 Å². The lowest BCUT2D eigenvalue weighted by molar-refractivity contribution is -0.123. The van der Waals surface area contributed by atoms with E-state index in [1.807, 2.05) is 0 Å². The van der Waals surface area contributed by atoms with Crippen molar-refractivity contribution >= 4 is 27.5 Å². The molecule has 2 rings (SSSR count). The summed E-state index contributed by atoms with van der Waals surface area (Å²) in [5.41, 5.74) is 0.659. The number of carbonyl (C=O) groups is 1. The highest BCUT2D eigenvalue weighted by atomic mass is 35.5. The highest BCUT2D eigenvalue weighted by Crippen LogP contribution is 2.19. The predicted molar refractivity (Wildman–Crippen MR) is 94.9 cm³/mol. The van der Waals surface area contributed by atoms with Crippen molar-refractivity contribution in [1.29, 1.82) is 0 Å². The Morgan fingerprint density at radius 1 is 1.07 bits per heavy atom. The number of nitrogens with zero attached hydrogens (tertiary/aromatic N) is 1. The Hall–Kier alpha value is -2.10. The van der Waals surface area contributed by atoms with Gasteiger partial charge < -0.3 is 5.32 Å². The van der Waals surface area contributed by atoms with Crippen LogP contribution in [0.1, 0.15) is 15.9 Å². The minimum atomic E-state index is -4.52. The molecule has 0 saturated heterocycles. The van der Waals surface area contributed by atoms with Crippen molar-refractivity contribution in [1.82, 2.24) is 9.62 Å². The lowest BCUT2D eigenvalue weighted by atomic mass is 10.2. The van der Waals surface area contributed by atoms with Gasteiger partial charge in [0.1, 0.15) is 6.54 Å². The molecule has 146 valence electrons. The Labute approximate surface area is 159 Å². The Balaban J connectivity index is 2.09. The summed E-state index contributed by atoms with van der Waals surface area (Å²) in [6, 6.07) is 11.4. The summed E-state index contributed by atoms with van der Waals surface area (Å²) in [5, 5.41) is 2.25. The maximum absolute atomic E-state index is 12.6. The fourth-order valence-corrected chi connectivity index (χ4v) is 3.46. The van der Waals surface area contributed by atoms with Gasteiger partial charge >= 0.3 is 6.18 Å². The number of alkyl halides is 3. The topological polar surface area (TPSA) is 66.5 Å². The molecule has 0 heterocycles. The molecule has 0 fully saturated rings. The first-order chi connectivity index (χ1) is 12.5. The molecule has 0 bridgehead atoms. The van der Waals surface area contributed by atoms with E-state index in [1.165, 1.54) is 19.2 Å². The lowest BCUT2D eigenvalue weighted by Crippen LogP contribution is -2.33. The van der Waals surface area contributed by atoms with Crippen molar-refractivity contribution in [2.45, 2.75) is 17.6 Å². The Morgan fingerprint density at radius 2 is 1.63 bits per heavy atom. The van der Waals surface area contributed by atoms with Gasteiger partial charge in [0, 0.05) is 24.2 Å². The molecule has 0 aliphatic rings. The molecule has 0 aliphatic carbocycles. The summed E-state index contributed by atoms with van der Waals surface area (Å²) in [6.07, 6.45) is -4.52. The van der Waals surface area contributed by atoms with Gasteiger partial charge in [0.2, 0.25) is 10.0 Å². The number of rotatable bonds is 6. The summed E-state index contributed by atoms with van der Waals surface area (Å²) in [4.78, 5) is 11.6. The van der Waals surface area contributed by atoms with Gasteiger partial charge in [-0.1, -0.05) is 23.7 Å². The van der Waals surface area contributed by atoms with Crippen LogP contribution in [0, 0.1) is 0 Å². The van der Waals surface area contributed by atoms with Crippen LogP contribution in [-0.4, -0.2) is 38.4 Å². The maximum Gasteiger partial charge on any atom is 0.405 e. The van der Waals surface area contributed by atoms with Gasteiger partial charge in [-0.3, -0.25) is 4.79 Å². The summed E-state index contributed by atoms with van der Waals surface area (Å²) >= 11 is 5.79. The van der Waals surface area contributed by atoms with Crippen molar-refractivity contribution in [2.24, 2.45) is 0 Å². The zero-order valence-electron chi connectivity index (χ0n) is 14.1. The van der Waals surface area contributed by atoms with E-state index in [0.29, 0.717) is 5.02 Å². The van der Waals surface area contributed by atoms with Gasteiger partial charge in [-0.25, -0.2) is 8.42 Å². The molecule has 0 spiro atoms. The second kappa shape index (κ2) is 8.28. The summed E-state index contributed by atoms with van der Waals surface area (Å²) < 4.78 is 62.7. The number of hydrogen-bond donors (Lipinski definition) is 1. The van der Waals surface area contributed by atoms with Crippen LogP contribution in [0.4, 0.5) is 13.2 Å². The fraction of sp³-hybridized carbons (Fsp3) is 0.235. The Kier molecular flexibility index (Phi) is 6.50. The SMILES string of the molecule is CN(Cc1ccc(Cl)cc1)S(=O)(=O)c1ccc(C(=O)NCC(F)(F)F)cc1. The zero-order valence-corrected chi connectivity index (χ0v) is 15.7. The van der Waals surface area contributed by atoms with Crippen molar-refractivity contribution in [3.05, 3.63) is 64.7 Å². The minimum Gasteiger partial charge on any atom is -0.343 e. The molecule has 0 saturated carbocycles. The second-order valence-corrected chi connectivity index (χ2v) is 8.19. The van der Waals surface area contributed by atoms with Crippen LogP contribution in [-0.2, 0) is 16.6 Å². The van der Waals surface area contributed by atoms with Crippen LogP contribution in [0.3, 0.4) is 0 Å². The molecule has 10 heteroatoms. The third-order valence-corrected chi connectivity index (χ3v) is 5.66. The lowest BCUT2D eigenvalue weighted by Gasteiger charge is -2.17. The van der Waals surface area contributed by atoms with Crippen molar-refractivity contribution in [3.63, 3.8) is 0 Å². The highest BCUT2D eigenvalue weighted by Gasteiger charge is 2.28. The third kappa shape index (κ3) is 5.95. The molecule has 1 amide bonds. The van der Waals surface area contributed by atoms with E-state index < -0.39 is 28.7 Å². The minimum absolute atomic E-state index is 0.0708. The first-order valence-electron chi connectivity index (χ1n) is 7.65. The molecule has 1 N–H and O–H groups in total. The molecule has 27 heavy (non-hydrogen) atoms. The number of carbonyl (C=O) groups excluding carboxylic acids is 1. The van der Waals surface area contributed by atoms with Crippen molar-refractivity contribution in [2.75, 3.05) is 13.6 Å². The van der Waals surface area contributed by atoms with Gasteiger partial charge in [0.25, 0.3) is 5.91 Å². The quantitative estimate of drug-likeness (QED) is 0.778. The van der Waals surface area contributed by atoms with Crippen LogP contribution in [0.15, 0.2) is 53.4 Å². The fourth-order valence-electron chi connectivity index (χ4n) is 2.17. The van der Waals surface area contributed by atoms with E-state index in [0.717, 1.165) is 22.0 Å². The molecule has 0 aliphatic heterocycles. The van der Waals surface area contributed by atoms with Crippen LogP contribution in [0.5, 0.6) is 0 Å². The van der Waals surface area contributed by atoms with Gasteiger partial charge in [0.15, 0.2) is 0 Å². The Bertz CT molecular complexity index is 899. The maximum atomic E-state index is 12.6. The number of halogens is 4. The molecule has 2 aromatic carbocycles. The summed E-state index contributed by atoms with van der Waals surface area (Å²) in [6.45, 7) is -1.36. The first kappa shape index (κ1) is 21.2. The normalized spacial score (nSPS) is 12.2. The van der Waals surface area contributed by atoms with Crippen LogP contribution < -0.4 is 5.32 Å². The number of amides is 1.